The second-order valence-electron chi connectivity index (χ2n) is 4.88. The molecular weight excluding hydrogens is 184 g/mol. The summed E-state index contributed by atoms with van der Waals surface area (Å²) < 4.78 is 0. The average Bonchev–Trinajstić information content (AvgIpc) is 2.78. The first-order chi connectivity index (χ1) is 7.36. The van der Waals surface area contributed by atoms with Gasteiger partial charge >= 0.3 is 0 Å². The first-order valence-electron chi connectivity index (χ1n) is 5.82. The van der Waals surface area contributed by atoms with Gasteiger partial charge in [0, 0.05) is 19.1 Å². The summed E-state index contributed by atoms with van der Waals surface area (Å²) in [6.07, 6.45) is 0. The van der Waals surface area contributed by atoms with Gasteiger partial charge in [-0.25, -0.2) is 0 Å². The average molecular weight is 202 g/mol. The zero-order chi connectivity index (χ0) is 10.3. The Morgan fingerprint density at radius 2 is 2.00 bits per heavy atom. The molecule has 2 nitrogen and oxygen atoms in total. The fourth-order valence-corrected chi connectivity index (χ4v) is 3.29. The lowest BCUT2D eigenvalue weighted by Gasteiger charge is -2.24. The third-order valence-corrected chi connectivity index (χ3v) is 3.94. The van der Waals surface area contributed by atoms with E-state index in [9.17, 15) is 0 Å². The van der Waals surface area contributed by atoms with Gasteiger partial charge in [0.05, 0.1) is 0 Å². The van der Waals surface area contributed by atoms with Crippen LogP contribution in [-0.2, 0) is 0 Å². The van der Waals surface area contributed by atoms with Crippen molar-refractivity contribution in [3.05, 3.63) is 35.9 Å². The summed E-state index contributed by atoms with van der Waals surface area (Å²) in [7, 11) is 2.26. The monoisotopic (exact) mass is 202 g/mol. The Morgan fingerprint density at radius 1 is 1.20 bits per heavy atom. The zero-order valence-electron chi connectivity index (χ0n) is 9.19. The quantitative estimate of drug-likeness (QED) is 0.742. The van der Waals surface area contributed by atoms with E-state index in [-0.39, 0.29) is 0 Å². The zero-order valence-corrected chi connectivity index (χ0v) is 9.19. The lowest BCUT2D eigenvalue weighted by Crippen LogP contribution is -2.25. The van der Waals surface area contributed by atoms with Crippen LogP contribution in [0.5, 0.6) is 0 Å². The molecule has 15 heavy (non-hydrogen) atoms. The molecule has 1 aromatic rings. The van der Waals surface area contributed by atoms with Crippen molar-refractivity contribution in [3.8, 4) is 0 Å². The summed E-state index contributed by atoms with van der Waals surface area (Å²) in [5, 5.41) is 3.52. The third kappa shape index (κ3) is 1.48. The van der Waals surface area contributed by atoms with E-state index in [0.29, 0.717) is 6.04 Å². The van der Waals surface area contributed by atoms with Crippen molar-refractivity contribution in [1.82, 2.24) is 10.2 Å². The largest absolute Gasteiger partial charge is 0.316 e. The molecule has 2 aliphatic heterocycles. The van der Waals surface area contributed by atoms with E-state index in [1.807, 2.05) is 0 Å². The third-order valence-electron chi connectivity index (χ3n) is 3.94. The van der Waals surface area contributed by atoms with E-state index in [4.69, 9.17) is 0 Å². The fraction of sp³-hybridized carbons (Fsp3) is 0.538. The van der Waals surface area contributed by atoms with Crippen LogP contribution in [0.3, 0.4) is 0 Å². The van der Waals surface area contributed by atoms with E-state index in [2.05, 4.69) is 47.6 Å². The smallest absolute Gasteiger partial charge is 0.0389 e. The van der Waals surface area contributed by atoms with Crippen molar-refractivity contribution in [2.75, 3.05) is 26.7 Å². The molecule has 1 N–H and O–H groups in total. The Bertz CT molecular complexity index is 336. The molecule has 0 radical (unpaired) electrons. The highest BCUT2D eigenvalue weighted by atomic mass is 15.2. The van der Waals surface area contributed by atoms with E-state index >= 15 is 0 Å². The van der Waals surface area contributed by atoms with Crippen LogP contribution in [0, 0.1) is 11.8 Å². The van der Waals surface area contributed by atoms with Crippen LogP contribution in [-0.4, -0.2) is 31.6 Å². The van der Waals surface area contributed by atoms with Gasteiger partial charge in [0.15, 0.2) is 0 Å². The molecule has 3 rings (SSSR count). The van der Waals surface area contributed by atoms with Gasteiger partial charge in [-0.3, -0.25) is 4.90 Å². The van der Waals surface area contributed by atoms with Crippen molar-refractivity contribution in [1.29, 1.82) is 0 Å². The van der Waals surface area contributed by atoms with E-state index in [0.717, 1.165) is 11.8 Å². The number of nitrogens with zero attached hydrogens (tertiary/aromatic N) is 1. The van der Waals surface area contributed by atoms with E-state index < -0.39 is 0 Å². The molecule has 3 unspecified atom stereocenters. The van der Waals surface area contributed by atoms with Gasteiger partial charge in [-0.15, -0.1) is 0 Å². The molecule has 3 atom stereocenters. The van der Waals surface area contributed by atoms with Crippen molar-refractivity contribution >= 4 is 0 Å². The van der Waals surface area contributed by atoms with Gasteiger partial charge in [-0.1, -0.05) is 30.3 Å². The molecule has 0 aromatic heterocycles. The molecule has 2 heteroatoms. The van der Waals surface area contributed by atoms with Crippen molar-refractivity contribution < 1.29 is 0 Å². The molecule has 0 amide bonds. The molecule has 1 aromatic carbocycles. The van der Waals surface area contributed by atoms with Crippen LogP contribution in [0.2, 0.25) is 0 Å². The SMILES string of the molecule is CN1CC2CNCC2C1c1ccccc1. The first-order valence-corrected chi connectivity index (χ1v) is 5.82. The van der Waals surface area contributed by atoms with E-state index in [1.165, 1.54) is 25.2 Å². The van der Waals surface area contributed by atoms with E-state index in [1.54, 1.807) is 0 Å². The molecular formula is C13H18N2. The summed E-state index contributed by atoms with van der Waals surface area (Å²) in [5.74, 6) is 1.68. The maximum atomic E-state index is 3.52. The van der Waals surface area contributed by atoms with Gasteiger partial charge in [0.1, 0.15) is 0 Å². The second kappa shape index (κ2) is 3.62. The Morgan fingerprint density at radius 3 is 2.80 bits per heavy atom. The minimum Gasteiger partial charge on any atom is -0.316 e. The predicted molar refractivity (Wildman–Crippen MR) is 61.7 cm³/mol. The minimum absolute atomic E-state index is 0.631. The Balaban J connectivity index is 1.91. The first kappa shape index (κ1) is 9.37. The number of hydrogen-bond donors (Lipinski definition) is 1. The molecule has 2 aliphatic rings. The van der Waals surface area contributed by atoms with Crippen molar-refractivity contribution in [3.63, 3.8) is 0 Å². The topological polar surface area (TPSA) is 15.3 Å². The highest BCUT2D eigenvalue weighted by Gasteiger charge is 2.42. The van der Waals surface area contributed by atoms with Gasteiger partial charge in [0.2, 0.25) is 0 Å². The van der Waals surface area contributed by atoms with Crippen molar-refractivity contribution in [2.24, 2.45) is 11.8 Å². The summed E-state index contributed by atoms with van der Waals surface area (Å²) in [4.78, 5) is 2.52. The maximum absolute atomic E-state index is 3.52. The summed E-state index contributed by atoms with van der Waals surface area (Å²) in [5.41, 5.74) is 1.48. The van der Waals surface area contributed by atoms with Crippen LogP contribution in [0.25, 0.3) is 0 Å². The molecule has 2 heterocycles. The van der Waals surface area contributed by atoms with Gasteiger partial charge in [-0.2, -0.15) is 0 Å². The maximum Gasteiger partial charge on any atom is 0.0389 e. The second-order valence-corrected chi connectivity index (χ2v) is 4.88. The van der Waals surface area contributed by atoms with Crippen LogP contribution in [0.1, 0.15) is 11.6 Å². The number of rotatable bonds is 1. The molecule has 2 fully saturated rings. The summed E-state index contributed by atoms with van der Waals surface area (Å²) >= 11 is 0. The predicted octanol–water partition coefficient (Wildman–Crippen LogP) is 1.51. The highest BCUT2D eigenvalue weighted by Crippen LogP contribution is 2.41. The van der Waals surface area contributed by atoms with Gasteiger partial charge in [-0.05, 0) is 31.0 Å². The molecule has 0 spiro atoms. The Hall–Kier alpha value is -0.860. The number of nitrogens with one attached hydrogen (secondary N) is 1. The van der Waals surface area contributed by atoms with Gasteiger partial charge in [0.25, 0.3) is 0 Å². The van der Waals surface area contributed by atoms with Gasteiger partial charge < -0.3 is 5.32 Å². The van der Waals surface area contributed by atoms with Crippen LogP contribution in [0.15, 0.2) is 30.3 Å². The van der Waals surface area contributed by atoms with Crippen LogP contribution < -0.4 is 5.32 Å². The number of hydrogen-bond acceptors (Lipinski definition) is 2. The summed E-state index contributed by atoms with van der Waals surface area (Å²) in [6, 6.07) is 11.6. The number of fused-ring (bicyclic) bond motifs is 1. The molecule has 0 aliphatic carbocycles. The summed E-state index contributed by atoms with van der Waals surface area (Å²) in [6.45, 7) is 3.64. The number of likely N-dealkylation sites (tertiary alicyclic amines) is 1. The standard InChI is InChI=1S/C13H18N2/c1-15-9-11-7-14-8-12(11)13(15)10-5-3-2-4-6-10/h2-6,11-14H,7-9H2,1H3. The fourth-order valence-electron chi connectivity index (χ4n) is 3.29. The normalized spacial score (nSPS) is 35.7. The van der Waals surface area contributed by atoms with Crippen LogP contribution >= 0.6 is 0 Å². The Labute approximate surface area is 91.3 Å². The highest BCUT2D eigenvalue weighted by molar-refractivity contribution is 5.22. The lowest BCUT2D eigenvalue weighted by atomic mass is 9.90. The molecule has 0 saturated carbocycles. The van der Waals surface area contributed by atoms with Crippen molar-refractivity contribution in [2.45, 2.75) is 6.04 Å². The Kier molecular flexibility index (Phi) is 2.26. The molecule has 0 bridgehead atoms. The number of benzene rings is 1. The lowest BCUT2D eigenvalue weighted by molar-refractivity contribution is 0.276. The van der Waals surface area contributed by atoms with Crippen LogP contribution in [0.4, 0.5) is 0 Å². The molecule has 2 saturated heterocycles. The molecule has 80 valence electrons. The minimum atomic E-state index is 0.631.